The first kappa shape index (κ1) is 63.9. The highest BCUT2D eigenvalue weighted by molar-refractivity contribution is 8.13. The molecule has 6 heterocycles. The summed E-state index contributed by atoms with van der Waals surface area (Å²) in [5.41, 5.74) is 4.44. The van der Waals surface area contributed by atoms with Crippen molar-refractivity contribution < 1.29 is 46.7 Å². The van der Waals surface area contributed by atoms with E-state index < -0.39 is 31.3 Å². The molecule has 0 spiro atoms. The van der Waals surface area contributed by atoms with Crippen LogP contribution in [0.1, 0.15) is 104 Å². The zero-order valence-electron chi connectivity index (χ0n) is 45.5. The molecule has 2 fully saturated rings. The maximum atomic E-state index is 13.6. The molecule has 432 valence electrons. The number of piperidine rings is 2. The van der Waals surface area contributed by atoms with E-state index >= 15 is 0 Å². The van der Waals surface area contributed by atoms with Crippen molar-refractivity contribution in [1.82, 2.24) is 38.7 Å². The van der Waals surface area contributed by atoms with Gasteiger partial charge in [-0.15, -0.1) is 12.4 Å². The second kappa shape index (κ2) is 29.5. The lowest BCUT2D eigenvalue weighted by molar-refractivity contribution is 0.0278. The molecular formula is C54H78Cl2N8O12S2. The molecule has 0 saturated carbocycles. The van der Waals surface area contributed by atoms with E-state index in [2.05, 4.69) is 29.1 Å². The van der Waals surface area contributed by atoms with Crippen molar-refractivity contribution in [3.8, 4) is 34.3 Å². The first-order chi connectivity index (χ1) is 36.9. The van der Waals surface area contributed by atoms with E-state index in [1.807, 2.05) is 49.2 Å². The number of H-pyrrole nitrogens is 2. The molecule has 6 aromatic rings. The number of benzene rings is 2. The summed E-state index contributed by atoms with van der Waals surface area (Å²) in [5, 5.41) is 40.2. The third-order valence-corrected chi connectivity index (χ3v) is 17.2. The molecule has 0 amide bonds. The van der Waals surface area contributed by atoms with E-state index in [1.54, 1.807) is 6.07 Å². The van der Waals surface area contributed by atoms with Crippen LogP contribution in [0.25, 0.3) is 44.8 Å². The number of aromatic nitrogens is 6. The molecule has 2 aliphatic rings. The van der Waals surface area contributed by atoms with Gasteiger partial charge in [-0.1, -0.05) is 40.5 Å². The fourth-order valence-electron chi connectivity index (χ4n) is 9.75. The second-order valence-electron chi connectivity index (χ2n) is 19.4. The van der Waals surface area contributed by atoms with E-state index in [4.69, 9.17) is 35.2 Å². The Balaban J connectivity index is 0.000000247. The number of halogens is 2. The first-order valence-electron chi connectivity index (χ1n) is 26.9. The fraction of sp³-hybridized carbons (Fsp3) is 0.556. The highest BCUT2D eigenvalue weighted by atomic mass is 35.7. The minimum absolute atomic E-state index is 0. The molecule has 78 heavy (non-hydrogen) atoms. The second-order valence-corrected chi connectivity index (χ2v) is 23.9. The number of hydrogen-bond donors (Lipinski definition) is 7. The van der Waals surface area contributed by atoms with Gasteiger partial charge in [0, 0.05) is 49.3 Å². The SMILES string of the molecule is CCCOc1ccc(S(=O)(=O)Cl)cc1-c1nc2c(CCC)cn(CC)c2c(=O)[nH]1.CCCOc1ccc(S(=O)(=O)N2CCC([C@H](O)CO)CC2)cc1-c1nc2c(CCC)cn(CC)c2c(=O)[nH]1.Cl.OC[C@@H](O)C1CCNCC1. The number of aryl methyl sites for hydroxylation is 4. The van der Waals surface area contributed by atoms with Crippen molar-refractivity contribution in [1.29, 1.82) is 0 Å². The monoisotopic (exact) mass is 1160 g/mol. The van der Waals surface area contributed by atoms with Gasteiger partial charge in [0.05, 0.1) is 70.6 Å². The van der Waals surface area contributed by atoms with E-state index in [0.29, 0.717) is 89.8 Å². The topological polar surface area (TPSA) is 284 Å². The van der Waals surface area contributed by atoms with Gasteiger partial charge in [0.1, 0.15) is 34.2 Å². The van der Waals surface area contributed by atoms with Crippen LogP contribution in [0.15, 0.2) is 68.2 Å². The fourth-order valence-corrected chi connectivity index (χ4v) is 12.0. The van der Waals surface area contributed by atoms with Gasteiger partial charge in [-0.3, -0.25) is 9.59 Å². The molecule has 2 saturated heterocycles. The highest BCUT2D eigenvalue weighted by Gasteiger charge is 2.33. The molecule has 7 N–H and O–H groups in total. The van der Waals surface area contributed by atoms with Crippen molar-refractivity contribution in [2.45, 2.75) is 141 Å². The first-order valence-corrected chi connectivity index (χ1v) is 30.7. The number of hydrogen-bond acceptors (Lipinski definition) is 15. The average Bonchev–Trinajstić information content (AvgIpc) is 4.05. The zero-order valence-corrected chi connectivity index (χ0v) is 48.7. The summed E-state index contributed by atoms with van der Waals surface area (Å²) in [6.07, 6.45) is 10.4. The van der Waals surface area contributed by atoms with Gasteiger partial charge in [0.15, 0.2) is 0 Å². The van der Waals surface area contributed by atoms with Crippen LogP contribution < -0.4 is 25.9 Å². The lowest BCUT2D eigenvalue weighted by Crippen LogP contribution is -2.41. The Morgan fingerprint density at radius 3 is 1.47 bits per heavy atom. The number of aliphatic hydroxyl groups is 4. The molecule has 0 bridgehead atoms. The Morgan fingerprint density at radius 2 is 1.08 bits per heavy atom. The molecule has 0 radical (unpaired) electrons. The number of fused-ring (bicyclic) bond motifs is 2. The maximum Gasteiger partial charge on any atom is 0.275 e. The molecule has 2 atom stereocenters. The Bertz CT molecular complexity index is 3260. The predicted molar refractivity (Wildman–Crippen MR) is 306 cm³/mol. The van der Waals surface area contributed by atoms with Gasteiger partial charge < -0.3 is 54.3 Å². The van der Waals surface area contributed by atoms with Gasteiger partial charge in [-0.25, -0.2) is 26.8 Å². The number of ether oxygens (including phenoxy) is 2. The lowest BCUT2D eigenvalue weighted by atomic mass is 9.93. The van der Waals surface area contributed by atoms with Crippen LogP contribution >= 0.6 is 23.1 Å². The highest BCUT2D eigenvalue weighted by Crippen LogP contribution is 2.35. The number of rotatable bonds is 21. The maximum absolute atomic E-state index is 13.6. The van der Waals surface area contributed by atoms with Crippen molar-refractivity contribution in [3.05, 3.63) is 80.6 Å². The van der Waals surface area contributed by atoms with E-state index in [1.165, 1.54) is 34.6 Å². The molecular weight excluding hydrogens is 1090 g/mol. The van der Waals surface area contributed by atoms with Crippen LogP contribution in [0.4, 0.5) is 0 Å². The van der Waals surface area contributed by atoms with Crippen molar-refractivity contribution in [2.75, 3.05) is 52.6 Å². The van der Waals surface area contributed by atoms with Gasteiger partial charge in [-0.2, -0.15) is 4.31 Å². The van der Waals surface area contributed by atoms with Crippen molar-refractivity contribution in [2.24, 2.45) is 11.8 Å². The van der Waals surface area contributed by atoms with Crippen LogP contribution in [0.3, 0.4) is 0 Å². The molecule has 4 aromatic heterocycles. The molecule has 2 aliphatic heterocycles. The summed E-state index contributed by atoms with van der Waals surface area (Å²) in [6, 6.07) is 8.96. The number of aliphatic hydroxyl groups excluding tert-OH is 4. The quantitative estimate of drug-likeness (QED) is 0.0367. The summed E-state index contributed by atoms with van der Waals surface area (Å²) in [5.74, 6) is 1.57. The van der Waals surface area contributed by atoms with Gasteiger partial charge >= 0.3 is 0 Å². The Kier molecular flexibility index (Phi) is 24.2. The number of nitrogens with zero attached hydrogens (tertiary/aromatic N) is 5. The zero-order chi connectivity index (χ0) is 56.0. The van der Waals surface area contributed by atoms with Crippen LogP contribution in [0.2, 0.25) is 0 Å². The van der Waals surface area contributed by atoms with E-state index in [0.717, 1.165) is 75.6 Å². The molecule has 20 nitrogen and oxygen atoms in total. The molecule has 2 aromatic carbocycles. The number of nitrogens with one attached hydrogen (secondary N) is 3. The van der Waals surface area contributed by atoms with E-state index in [-0.39, 0.29) is 77.2 Å². The molecule has 0 unspecified atom stereocenters. The van der Waals surface area contributed by atoms with Gasteiger partial charge in [0.2, 0.25) is 10.0 Å². The van der Waals surface area contributed by atoms with Crippen molar-refractivity contribution >= 4 is 64.2 Å². The normalized spacial score (nSPS) is 15.5. The van der Waals surface area contributed by atoms with Gasteiger partial charge in [-0.05, 0) is 138 Å². The number of aromatic amines is 2. The lowest BCUT2D eigenvalue weighted by Gasteiger charge is -2.33. The minimum Gasteiger partial charge on any atom is -0.493 e. The van der Waals surface area contributed by atoms with Crippen LogP contribution in [-0.2, 0) is 45.0 Å². The Hall–Kier alpha value is -4.88. The average molecular weight is 1170 g/mol. The Morgan fingerprint density at radius 1 is 0.654 bits per heavy atom. The van der Waals surface area contributed by atoms with Crippen LogP contribution in [-0.4, -0.2) is 135 Å². The largest absolute Gasteiger partial charge is 0.493 e. The summed E-state index contributed by atoms with van der Waals surface area (Å²) >= 11 is 0. The van der Waals surface area contributed by atoms with Crippen molar-refractivity contribution in [3.63, 3.8) is 0 Å². The smallest absolute Gasteiger partial charge is 0.275 e. The molecule has 24 heteroatoms. The number of sulfonamides is 1. The standard InChI is InChI=1S/C27H38N4O6S.C20H24ClN3O4S.C7H15NO2.ClH/c1-4-7-19-16-30(6-3)25-24(19)28-26(29-27(25)34)21-15-20(8-9-23(21)37-14-5-2)38(35,36)31-12-10-18(11-13-31)22(33)17-32;1-4-7-13-12-24(6-3)18-17(13)22-19(23-20(18)25)15-11-14(29(21,26)27)8-9-16(15)28-10-5-2;9-5-7(10)6-1-3-8-4-2-6;/h8-9,15-16,18,22,32-33H,4-7,10-14,17H2,1-3H3,(H,28,29,34);8-9,11-12H,4-7,10H2,1-3H3,(H,22,23,25);6-10H,1-5H2;1H/t22-;;7-;/m1.1./s1. The van der Waals surface area contributed by atoms with E-state index in [9.17, 15) is 41.7 Å². The summed E-state index contributed by atoms with van der Waals surface area (Å²) < 4.78 is 67.7. The predicted octanol–water partition coefficient (Wildman–Crippen LogP) is 6.75. The molecule has 8 rings (SSSR count). The third-order valence-electron chi connectivity index (χ3n) is 13.9. The third kappa shape index (κ3) is 15.3. The minimum atomic E-state index is -3.95. The summed E-state index contributed by atoms with van der Waals surface area (Å²) in [4.78, 5) is 41.3. The van der Waals surface area contributed by atoms with Crippen LogP contribution in [0, 0.1) is 11.8 Å². The molecule has 0 aliphatic carbocycles. The summed E-state index contributed by atoms with van der Waals surface area (Å²) in [7, 11) is -2.27. The Labute approximate surface area is 467 Å². The summed E-state index contributed by atoms with van der Waals surface area (Å²) in [6.45, 7) is 16.2. The van der Waals surface area contributed by atoms with Crippen LogP contribution in [0.5, 0.6) is 11.5 Å². The van der Waals surface area contributed by atoms with Gasteiger partial charge in [0.25, 0.3) is 20.2 Å².